The first kappa shape index (κ1) is 23.0. The molecule has 0 aliphatic heterocycles. The van der Waals surface area contributed by atoms with Gasteiger partial charge in [0.25, 0.3) is 5.69 Å². The van der Waals surface area contributed by atoms with Crippen LogP contribution in [0.3, 0.4) is 0 Å². The highest BCUT2D eigenvalue weighted by Crippen LogP contribution is 2.46. The van der Waals surface area contributed by atoms with Crippen molar-refractivity contribution in [2.75, 3.05) is 5.32 Å². The molecule has 3 rings (SSSR count). The lowest BCUT2D eigenvalue weighted by Gasteiger charge is -2.40. The standard InChI is InChI=1S/C26H28N2O4/c1-3-19-26(21-15-9-6-10-16-21,22(4-2)20-13-7-5-8-14-20)32-25(29)27-23-17-11-12-18-24(23)28(30)31/h5-18,22H,3-4,19H2,1-2H3,(H,27,29). The van der Waals surface area contributed by atoms with Crippen LogP contribution in [-0.2, 0) is 10.3 Å². The van der Waals surface area contributed by atoms with E-state index >= 15 is 0 Å². The van der Waals surface area contributed by atoms with E-state index in [1.807, 2.05) is 60.7 Å². The summed E-state index contributed by atoms with van der Waals surface area (Å²) in [5, 5.41) is 14.0. The molecule has 0 saturated carbocycles. The maximum absolute atomic E-state index is 13.1. The lowest BCUT2D eigenvalue weighted by Crippen LogP contribution is -2.40. The van der Waals surface area contributed by atoms with Crippen LogP contribution in [-0.4, -0.2) is 11.0 Å². The van der Waals surface area contributed by atoms with E-state index in [-0.39, 0.29) is 17.3 Å². The molecule has 0 heterocycles. The molecule has 2 unspecified atom stereocenters. The van der Waals surface area contributed by atoms with E-state index in [0.717, 1.165) is 24.0 Å². The number of benzene rings is 3. The Labute approximate surface area is 188 Å². The van der Waals surface area contributed by atoms with Crippen LogP contribution in [0.5, 0.6) is 0 Å². The van der Waals surface area contributed by atoms with Crippen molar-refractivity contribution < 1.29 is 14.5 Å². The summed E-state index contributed by atoms with van der Waals surface area (Å²) in [6.45, 7) is 4.13. The number of rotatable bonds is 9. The van der Waals surface area contributed by atoms with E-state index in [0.29, 0.717) is 6.42 Å². The van der Waals surface area contributed by atoms with E-state index in [1.54, 1.807) is 12.1 Å². The molecule has 0 fully saturated rings. The minimum Gasteiger partial charge on any atom is -0.437 e. The van der Waals surface area contributed by atoms with Gasteiger partial charge in [-0.25, -0.2) is 4.79 Å². The van der Waals surface area contributed by atoms with E-state index in [2.05, 4.69) is 19.2 Å². The Hall–Kier alpha value is -3.67. The van der Waals surface area contributed by atoms with Crippen LogP contribution >= 0.6 is 0 Å². The molecule has 6 nitrogen and oxygen atoms in total. The first-order valence-electron chi connectivity index (χ1n) is 10.9. The topological polar surface area (TPSA) is 81.5 Å². The molecule has 3 aromatic rings. The van der Waals surface area contributed by atoms with Crippen LogP contribution in [0.25, 0.3) is 0 Å². The van der Waals surface area contributed by atoms with E-state index in [1.165, 1.54) is 12.1 Å². The summed E-state index contributed by atoms with van der Waals surface area (Å²) in [5.74, 6) is -0.0949. The Kier molecular flexibility index (Phi) is 7.60. The van der Waals surface area contributed by atoms with Crippen molar-refractivity contribution in [1.82, 2.24) is 0 Å². The number of para-hydroxylation sites is 2. The first-order valence-corrected chi connectivity index (χ1v) is 10.9. The summed E-state index contributed by atoms with van der Waals surface area (Å²) >= 11 is 0. The molecule has 166 valence electrons. The van der Waals surface area contributed by atoms with Gasteiger partial charge in [-0.15, -0.1) is 0 Å². The summed E-state index contributed by atoms with van der Waals surface area (Å²) in [4.78, 5) is 24.0. The van der Waals surface area contributed by atoms with Crippen LogP contribution in [0.4, 0.5) is 16.2 Å². The van der Waals surface area contributed by atoms with Crippen LogP contribution < -0.4 is 5.32 Å². The predicted octanol–water partition coefficient (Wildman–Crippen LogP) is 7.03. The Balaban J connectivity index is 2.04. The fraction of sp³-hybridized carbons (Fsp3) is 0.269. The molecular weight excluding hydrogens is 404 g/mol. The van der Waals surface area contributed by atoms with Gasteiger partial charge in [-0.3, -0.25) is 15.4 Å². The number of nitrogens with zero attached hydrogens (tertiary/aromatic N) is 1. The smallest absolute Gasteiger partial charge is 0.412 e. The monoisotopic (exact) mass is 432 g/mol. The molecule has 0 saturated heterocycles. The van der Waals surface area contributed by atoms with Crippen molar-refractivity contribution in [2.24, 2.45) is 0 Å². The summed E-state index contributed by atoms with van der Waals surface area (Å²) in [5.41, 5.74) is 0.967. The van der Waals surface area contributed by atoms with Crippen LogP contribution in [0.2, 0.25) is 0 Å². The van der Waals surface area contributed by atoms with Crippen LogP contribution in [0, 0.1) is 10.1 Å². The second kappa shape index (κ2) is 10.6. The van der Waals surface area contributed by atoms with Crippen LogP contribution in [0.15, 0.2) is 84.9 Å². The number of nitro benzene ring substituents is 1. The maximum atomic E-state index is 13.1. The minimum absolute atomic E-state index is 0.0949. The third-order valence-corrected chi connectivity index (χ3v) is 5.67. The van der Waals surface area contributed by atoms with Crippen molar-refractivity contribution in [3.63, 3.8) is 0 Å². The number of nitrogens with one attached hydrogen (secondary N) is 1. The van der Waals surface area contributed by atoms with Crippen LogP contribution in [0.1, 0.15) is 50.2 Å². The quantitative estimate of drug-likeness (QED) is 0.291. The molecule has 0 radical (unpaired) electrons. The van der Waals surface area contributed by atoms with Gasteiger partial charge in [0.15, 0.2) is 0 Å². The van der Waals surface area contributed by atoms with Gasteiger partial charge in [0.05, 0.1) is 4.92 Å². The second-order valence-corrected chi connectivity index (χ2v) is 7.67. The lowest BCUT2D eigenvalue weighted by molar-refractivity contribution is -0.383. The Morgan fingerprint density at radius 3 is 2.16 bits per heavy atom. The molecule has 0 aromatic heterocycles. The molecule has 32 heavy (non-hydrogen) atoms. The SMILES string of the molecule is CCCC(OC(=O)Nc1ccccc1[N+](=O)[O-])(c1ccccc1)C(CC)c1ccccc1. The average Bonchev–Trinajstić information content (AvgIpc) is 2.81. The highest BCUT2D eigenvalue weighted by atomic mass is 16.6. The molecule has 1 amide bonds. The maximum Gasteiger partial charge on any atom is 0.412 e. The van der Waals surface area contributed by atoms with Crippen molar-refractivity contribution >= 4 is 17.5 Å². The van der Waals surface area contributed by atoms with Gasteiger partial charge in [0.1, 0.15) is 11.3 Å². The third-order valence-electron chi connectivity index (χ3n) is 5.67. The number of ether oxygens (including phenoxy) is 1. The Bertz CT molecular complexity index is 1040. The summed E-state index contributed by atoms with van der Waals surface area (Å²) < 4.78 is 6.24. The molecular formula is C26H28N2O4. The second-order valence-electron chi connectivity index (χ2n) is 7.67. The number of carbonyl (C=O) groups is 1. The van der Waals surface area contributed by atoms with Gasteiger partial charge in [0, 0.05) is 12.0 Å². The number of hydrogen-bond donors (Lipinski definition) is 1. The van der Waals surface area contributed by atoms with E-state index in [4.69, 9.17) is 4.74 Å². The van der Waals surface area contributed by atoms with Crippen molar-refractivity contribution in [3.05, 3.63) is 106 Å². The molecule has 0 aliphatic carbocycles. The molecule has 0 bridgehead atoms. The average molecular weight is 433 g/mol. The van der Waals surface area contributed by atoms with E-state index < -0.39 is 16.6 Å². The Morgan fingerprint density at radius 2 is 1.56 bits per heavy atom. The number of hydrogen-bond acceptors (Lipinski definition) is 4. The van der Waals surface area contributed by atoms with Crippen molar-refractivity contribution in [2.45, 2.75) is 44.6 Å². The zero-order valence-corrected chi connectivity index (χ0v) is 18.4. The van der Waals surface area contributed by atoms with Gasteiger partial charge in [-0.05, 0) is 30.0 Å². The number of anilines is 1. The zero-order chi connectivity index (χ0) is 23.0. The van der Waals surface area contributed by atoms with Crippen molar-refractivity contribution in [3.8, 4) is 0 Å². The molecule has 1 N–H and O–H groups in total. The molecule has 0 aliphatic rings. The fourth-order valence-corrected chi connectivity index (χ4v) is 4.35. The third kappa shape index (κ3) is 4.97. The largest absolute Gasteiger partial charge is 0.437 e. The fourth-order valence-electron chi connectivity index (χ4n) is 4.35. The number of carbonyl (C=O) groups excluding carboxylic acids is 1. The summed E-state index contributed by atoms with van der Waals surface area (Å²) in [6, 6.07) is 25.8. The zero-order valence-electron chi connectivity index (χ0n) is 18.4. The van der Waals surface area contributed by atoms with Gasteiger partial charge in [0.2, 0.25) is 0 Å². The molecule has 3 aromatic carbocycles. The summed E-state index contributed by atoms with van der Waals surface area (Å²) in [6.07, 6.45) is 1.43. The molecule has 2 atom stereocenters. The number of nitro groups is 1. The normalized spacial score (nSPS) is 13.6. The van der Waals surface area contributed by atoms with Gasteiger partial charge in [-0.2, -0.15) is 0 Å². The molecule has 6 heteroatoms. The summed E-state index contributed by atoms with van der Waals surface area (Å²) in [7, 11) is 0. The minimum atomic E-state index is -0.931. The van der Waals surface area contributed by atoms with Gasteiger partial charge in [-0.1, -0.05) is 93.1 Å². The highest BCUT2D eigenvalue weighted by molar-refractivity contribution is 5.88. The van der Waals surface area contributed by atoms with E-state index in [9.17, 15) is 14.9 Å². The van der Waals surface area contributed by atoms with Crippen molar-refractivity contribution in [1.29, 1.82) is 0 Å². The van der Waals surface area contributed by atoms with Gasteiger partial charge < -0.3 is 4.74 Å². The highest BCUT2D eigenvalue weighted by Gasteiger charge is 2.43. The Morgan fingerprint density at radius 1 is 0.969 bits per heavy atom. The number of amides is 1. The predicted molar refractivity (Wildman–Crippen MR) is 126 cm³/mol. The lowest BCUT2D eigenvalue weighted by atomic mass is 9.73. The molecule has 0 spiro atoms. The van der Waals surface area contributed by atoms with Gasteiger partial charge >= 0.3 is 6.09 Å². The first-order chi connectivity index (χ1) is 15.5.